The van der Waals surface area contributed by atoms with Crippen molar-refractivity contribution in [2.45, 2.75) is 33.2 Å². The smallest absolute Gasteiger partial charge is 0.239 e. The van der Waals surface area contributed by atoms with Gasteiger partial charge in [-0.25, -0.2) is 0 Å². The molecule has 104 valence electrons. The van der Waals surface area contributed by atoms with Gasteiger partial charge in [0.05, 0.1) is 18.7 Å². The van der Waals surface area contributed by atoms with Gasteiger partial charge in [-0.1, -0.05) is 0 Å². The van der Waals surface area contributed by atoms with Gasteiger partial charge in [-0.15, -0.1) is 0 Å². The van der Waals surface area contributed by atoms with E-state index in [9.17, 15) is 4.79 Å². The van der Waals surface area contributed by atoms with Gasteiger partial charge in [-0.2, -0.15) is 5.26 Å². The molecule has 0 aromatic heterocycles. The molecule has 1 atom stereocenters. The van der Waals surface area contributed by atoms with Crippen LogP contribution in [-0.4, -0.2) is 61.6 Å². The van der Waals surface area contributed by atoms with Crippen molar-refractivity contribution in [3.63, 3.8) is 0 Å². The van der Waals surface area contributed by atoms with E-state index in [-0.39, 0.29) is 11.9 Å². The van der Waals surface area contributed by atoms with Crippen LogP contribution in [-0.2, 0) is 9.53 Å². The zero-order chi connectivity index (χ0) is 14.0. The molecule has 0 N–H and O–H groups in total. The maximum Gasteiger partial charge on any atom is 0.239 e. The zero-order valence-corrected chi connectivity index (χ0v) is 12.0. The van der Waals surface area contributed by atoms with Crippen LogP contribution in [0, 0.1) is 11.3 Å². The maximum absolute atomic E-state index is 12.2. The minimum atomic E-state index is -0.201. The summed E-state index contributed by atoms with van der Waals surface area (Å²) in [5.41, 5.74) is 0. The van der Waals surface area contributed by atoms with Crippen LogP contribution in [0.5, 0.6) is 0 Å². The number of hydrogen-bond donors (Lipinski definition) is 0. The molecule has 5 heteroatoms. The second-order valence-electron chi connectivity index (χ2n) is 4.12. The third-order valence-corrected chi connectivity index (χ3v) is 3.07. The molecule has 0 aromatic carbocycles. The number of rotatable bonds is 9. The first-order valence-corrected chi connectivity index (χ1v) is 6.51. The molecule has 0 aliphatic rings. The van der Waals surface area contributed by atoms with Gasteiger partial charge < -0.3 is 9.64 Å². The molecule has 18 heavy (non-hydrogen) atoms. The van der Waals surface area contributed by atoms with Crippen LogP contribution in [0.25, 0.3) is 0 Å². The summed E-state index contributed by atoms with van der Waals surface area (Å²) in [6.45, 7) is 9.13. The SMILES string of the molecule is CCN(CC)C(=O)C(C)N(CCC#N)CCOC. The number of nitriles is 1. The molecule has 0 heterocycles. The highest BCUT2D eigenvalue weighted by molar-refractivity contribution is 5.81. The van der Waals surface area contributed by atoms with Crippen LogP contribution in [0.15, 0.2) is 0 Å². The standard InChI is InChI=1S/C13H25N3O2/c1-5-15(6-2)13(17)12(3)16(9-7-8-14)10-11-18-4/h12H,5-7,9-11H2,1-4H3. The number of ether oxygens (including phenoxy) is 1. The molecule has 5 nitrogen and oxygen atoms in total. The van der Waals surface area contributed by atoms with Gasteiger partial charge in [0.25, 0.3) is 0 Å². The normalized spacial score (nSPS) is 12.2. The Bertz CT molecular complexity index is 272. The van der Waals surface area contributed by atoms with Gasteiger partial charge in [0.15, 0.2) is 0 Å². The van der Waals surface area contributed by atoms with Gasteiger partial charge in [0.2, 0.25) is 5.91 Å². The Labute approximate surface area is 110 Å². The molecular formula is C13H25N3O2. The molecule has 0 aromatic rings. The van der Waals surface area contributed by atoms with Gasteiger partial charge in [-0.05, 0) is 20.8 Å². The molecule has 0 rings (SSSR count). The predicted molar refractivity (Wildman–Crippen MR) is 71.1 cm³/mol. The topological polar surface area (TPSA) is 56.6 Å². The fraction of sp³-hybridized carbons (Fsp3) is 0.846. The Kier molecular flexibility index (Phi) is 9.25. The molecule has 1 amide bonds. The summed E-state index contributed by atoms with van der Waals surface area (Å²) in [4.78, 5) is 16.1. The highest BCUT2D eigenvalue weighted by Crippen LogP contribution is 2.05. The summed E-state index contributed by atoms with van der Waals surface area (Å²) in [5, 5.41) is 8.66. The Hall–Kier alpha value is -1.12. The second kappa shape index (κ2) is 9.86. The van der Waals surface area contributed by atoms with Crippen LogP contribution in [0.2, 0.25) is 0 Å². The molecule has 1 unspecified atom stereocenters. The fourth-order valence-electron chi connectivity index (χ4n) is 1.86. The number of methoxy groups -OCH3 is 1. The summed E-state index contributed by atoms with van der Waals surface area (Å²) in [7, 11) is 1.64. The first-order chi connectivity index (χ1) is 8.62. The van der Waals surface area contributed by atoms with Crippen molar-refractivity contribution in [2.75, 3.05) is 39.9 Å². The van der Waals surface area contributed by atoms with E-state index in [0.29, 0.717) is 26.1 Å². The van der Waals surface area contributed by atoms with Gasteiger partial charge in [0.1, 0.15) is 0 Å². The third-order valence-electron chi connectivity index (χ3n) is 3.07. The Morgan fingerprint density at radius 2 is 1.94 bits per heavy atom. The maximum atomic E-state index is 12.2. The number of hydrogen-bond acceptors (Lipinski definition) is 4. The lowest BCUT2D eigenvalue weighted by Crippen LogP contribution is -2.48. The van der Waals surface area contributed by atoms with E-state index in [0.717, 1.165) is 13.1 Å². The third kappa shape index (κ3) is 5.48. The molecule has 0 saturated heterocycles. The minimum Gasteiger partial charge on any atom is -0.383 e. The van der Waals surface area contributed by atoms with E-state index in [2.05, 4.69) is 6.07 Å². The van der Waals surface area contributed by atoms with E-state index in [4.69, 9.17) is 10.00 Å². The van der Waals surface area contributed by atoms with E-state index in [1.165, 1.54) is 0 Å². The van der Waals surface area contributed by atoms with E-state index >= 15 is 0 Å². The molecular weight excluding hydrogens is 230 g/mol. The quantitative estimate of drug-likeness (QED) is 0.619. The molecule has 0 aliphatic carbocycles. The lowest BCUT2D eigenvalue weighted by molar-refractivity contribution is -0.136. The number of likely N-dealkylation sites (N-methyl/N-ethyl adjacent to an activating group) is 1. The van der Waals surface area contributed by atoms with Crippen LogP contribution < -0.4 is 0 Å². The molecule has 0 spiro atoms. The van der Waals surface area contributed by atoms with Gasteiger partial charge in [-0.3, -0.25) is 9.69 Å². The lowest BCUT2D eigenvalue weighted by Gasteiger charge is -2.31. The van der Waals surface area contributed by atoms with Gasteiger partial charge >= 0.3 is 0 Å². The Balaban J connectivity index is 4.55. The highest BCUT2D eigenvalue weighted by Gasteiger charge is 2.23. The number of carbonyl (C=O) groups is 1. The lowest BCUT2D eigenvalue weighted by atomic mass is 10.2. The summed E-state index contributed by atoms with van der Waals surface area (Å²) in [6.07, 6.45) is 0.430. The van der Waals surface area contributed by atoms with Gasteiger partial charge in [0, 0.05) is 39.7 Å². The van der Waals surface area contributed by atoms with E-state index in [1.54, 1.807) is 7.11 Å². The van der Waals surface area contributed by atoms with Crippen molar-refractivity contribution in [3.8, 4) is 6.07 Å². The fourth-order valence-corrected chi connectivity index (χ4v) is 1.86. The molecule has 0 saturated carbocycles. The Morgan fingerprint density at radius 3 is 2.39 bits per heavy atom. The first kappa shape index (κ1) is 16.9. The van der Waals surface area contributed by atoms with Crippen LogP contribution >= 0.6 is 0 Å². The molecule has 0 aliphatic heterocycles. The first-order valence-electron chi connectivity index (χ1n) is 6.51. The summed E-state index contributed by atoms with van der Waals surface area (Å²) in [6, 6.07) is 1.92. The molecule has 0 fully saturated rings. The second-order valence-corrected chi connectivity index (χ2v) is 4.12. The van der Waals surface area contributed by atoms with Crippen LogP contribution in [0.1, 0.15) is 27.2 Å². The highest BCUT2D eigenvalue weighted by atomic mass is 16.5. The molecule has 0 radical (unpaired) electrons. The summed E-state index contributed by atoms with van der Waals surface area (Å²) >= 11 is 0. The van der Waals surface area contributed by atoms with E-state index < -0.39 is 0 Å². The number of amides is 1. The minimum absolute atomic E-state index is 0.119. The van der Waals surface area contributed by atoms with Crippen molar-refractivity contribution < 1.29 is 9.53 Å². The van der Waals surface area contributed by atoms with Crippen molar-refractivity contribution in [2.24, 2.45) is 0 Å². The van der Waals surface area contributed by atoms with E-state index in [1.807, 2.05) is 30.6 Å². The van der Waals surface area contributed by atoms with Crippen LogP contribution in [0.3, 0.4) is 0 Å². The van der Waals surface area contributed by atoms with Crippen molar-refractivity contribution in [1.82, 2.24) is 9.80 Å². The average molecular weight is 255 g/mol. The number of carbonyl (C=O) groups excluding carboxylic acids is 1. The molecule has 0 bridgehead atoms. The Morgan fingerprint density at radius 1 is 1.33 bits per heavy atom. The van der Waals surface area contributed by atoms with Crippen molar-refractivity contribution in [1.29, 1.82) is 5.26 Å². The predicted octanol–water partition coefficient (Wildman–Crippen LogP) is 1.11. The summed E-state index contributed by atoms with van der Waals surface area (Å²) in [5.74, 6) is 0.119. The zero-order valence-electron chi connectivity index (χ0n) is 12.0. The van der Waals surface area contributed by atoms with Crippen molar-refractivity contribution in [3.05, 3.63) is 0 Å². The largest absolute Gasteiger partial charge is 0.383 e. The van der Waals surface area contributed by atoms with Crippen molar-refractivity contribution >= 4 is 5.91 Å². The van der Waals surface area contributed by atoms with Crippen LogP contribution in [0.4, 0.5) is 0 Å². The summed E-state index contributed by atoms with van der Waals surface area (Å²) < 4.78 is 5.05. The monoisotopic (exact) mass is 255 g/mol. The average Bonchev–Trinajstić information content (AvgIpc) is 2.39. The number of nitrogens with zero attached hydrogens (tertiary/aromatic N) is 3.